The number of fused-ring (bicyclic) bond motifs is 2. The molecule has 2 heterocycles. The van der Waals surface area contributed by atoms with E-state index in [0.29, 0.717) is 45.0 Å². The number of nitrogens with two attached hydrogens (primary N) is 1. The molecular weight excluding hydrogens is 406 g/mol. The van der Waals surface area contributed by atoms with Crippen LogP contribution >= 0.6 is 0 Å². The van der Waals surface area contributed by atoms with Crippen LogP contribution in [0.5, 0.6) is 11.5 Å². The molecule has 2 aliphatic heterocycles. The Labute approximate surface area is 176 Å². The Balaban J connectivity index is 1.45. The average Bonchev–Trinajstić information content (AvgIpc) is 3.13. The zero-order valence-corrected chi connectivity index (χ0v) is 17.7. The molecule has 9 heteroatoms. The highest BCUT2D eigenvalue weighted by Gasteiger charge is 2.25. The molecule has 2 aliphatic rings. The van der Waals surface area contributed by atoms with Gasteiger partial charge in [0.2, 0.25) is 15.9 Å². The highest BCUT2D eigenvalue weighted by Crippen LogP contribution is 2.32. The molecule has 0 fully saturated rings. The predicted octanol–water partition coefficient (Wildman–Crippen LogP) is 1.52. The van der Waals surface area contributed by atoms with Crippen LogP contribution in [-0.2, 0) is 27.8 Å². The normalized spacial score (nSPS) is 15.1. The van der Waals surface area contributed by atoms with E-state index in [1.54, 1.807) is 17.0 Å². The fourth-order valence-corrected chi connectivity index (χ4v) is 4.40. The van der Waals surface area contributed by atoms with E-state index < -0.39 is 10.0 Å². The average molecular weight is 432 g/mol. The van der Waals surface area contributed by atoms with Gasteiger partial charge in [-0.3, -0.25) is 4.79 Å². The van der Waals surface area contributed by atoms with E-state index in [0.717, 1.165) is 22.6 Å². The first-order valence-electron chi connectivity index (χ1n) is 9.92. The third-order valence-corrected chi connectivity index (χ3v) is 6.32. The van der Waals surface area contributed by atoms with Gasteiger partial charge < -0.3 is 19.3 Å². The third kappa shape index (κ3) is 4.22. The smallest absolute Gasteiger partial charge is 0.242 e. The van der Waals surface area contributed by atoms with Gasteiger partial charge in [0.1, 0.15) is 13.2 Å². The van der Waals surface area contributed by atoms with Crippen LogP contribution in [0.2, 0.25) is 0 Å². The number of anilines is 1. The number of hydrogen-bond acceptors (Lipinski definition) is 6. The van der Waals surface area contributed by atoms with Crippen LogP contribution in [0.4, 0.5) is 5.69 Å². The molecule has 4 rings (SSSR count). The minimum atomic E-state index is -3.74. The second-order valence-electron chi connectivity index (χ2n) is 7.39. The zero-order valence-electron chi connectivity index (χ0n) is 16.8. The summed E-state index contributed by atoms with van der Waals surface area (Å²) in [7, 11) is -3.74. The maximum Gasteiger partial charge on any atom is 0.242 e. The fraction of sp³-hybridized carbons (Fsp3) is 0.381. The lowest BCUT2D eigenvalue weighted by Gasteiger charge is -2.26. The minimum absolute atomic E-state index is 0.00996. The van der Waals surface area contributed by atoms with E-state index in [1.165, 1.54) is 6.07 Å². The summed E-state index contributed by atoms with van der Waals surface area (Å²) >= 11 is 0. The molecule has 30 heavy (non-hydrogen) atoms. The van der Waals surface area contributed by atoms with Gasteiger partial charge >= 0.3 is 0 Å². The first-order valence-corrected chi connectivity index (χ1v) is 11.5. The van der Waals surface area contributed by atoms with E-state index in [9.17, 15) is 13.2 Å². The third-order valence-electron chi connectivity index (χ3n) is 5.41. The molecule has 2 aromatic carbocycles. The largest absolute Gasteiger partial charge is 0.486 e. The monoisotopic (exact) mass is 431 g/mol. The standard InChI is InChI=1S/C21H25N3O5S/c1-2-23(13-15-3-6-19-20(11-15)29-10-9-28-19)21(25)14-24-8-7-16-12-17(30(22,26)27)4-5-18(16)24/h3-6,11-12H,2,7-10,13-14H2,1H3,(H2,22,26,27). The summed E-state index contributed by atoms with van der Waals surface area (Å²) in [5.41, 5.74) is 2.75. The number of sulfonamides is 1. The van der Waals surface area contributed by atoms with Gasteiger partial charge in [-0.15, -0.1) is 0 Å². The number of hydrogen-bond donors (Lipinski definition) is 1. The molecule has 0 aromatic heterocycles. The molecule has 160 valence electrons. The molecule has 1 amide bonds. The zero-order chi connectivity index (χ0) is 21.3. The Morgan fingerprint density at radius 2 is 1.90 bits per heavy atom. The maximum atomic E-state index is 13.0. The van der Waals surface area contributed by atoms with Crippen LogP contribution < -0.4 is 19.5 Å². The second-order valence-corrected chi connectivity index (χ2v) is 8.95. The summed E-state index contributed by atoms with van der Waals surface area (Å²) < 4.78 is 34.3. The number of nitrogens with zero attached hydrogens (tertiary/aromatic N) is 2. The SMILES string of the molecule is CCN(Cc1ccc2c(c1)OCCO2)C(=O)CN1CCc2cc(S(N)(=O)=O)ccc21. The summed E-state index contributed by atoms with van der Waals surface area (Å²) in [6.07, 6.45) is 0.681. The van der Waals surface area contributed by atoms with Gasteiger partial charge in [-0.2, -0.15) is 0 Å². The summed E-state index contributed by atoms with van der Waals surface area (Å²) in [4.78, 5) is 16.8. The van der Waals surface area contributed by atoms with Crippen molar-refractivity contribution in [1.29, 1.82) is 0 Å². The number of benzene rings is 2. The first-order chi connectivity index (χ1) is 14.3. The van der Waals surface area contributed by atoms with Crippen molar-refractivity contribution in [3.05, 3.63) is 47.5 Å². The highest BCUT2D eigenvalue weighted by molar-refractivity contribution is 7.89. The molecule has 0 radical (unpaired) electrons. The summed E-state index contributed by atoms with van der Waals surface area (Å²) in [6, 6.07) is 10.6. The number of carbonyl (C=O) groups excluding carboxylic acids is 1. The Bertz CT molecular complexity index is 1070. The molecule has 0 spiro atoms. The van der Waals surface area contributed by atoms with Crippen LogP contribution in [-0.4, -0.2) is 52.1 Å². The lowest BCUT2D eigenvalue weighted by Crippen LogP contribution is -2.39. The topological polar surface area (TPSA) is 102 Å². The van der Waals surface area contributed by atoms with Gasteiger partial charge in [-0.25, -0.2) is 13.6 Å². The van der Waals surface area contributed by atoms with Crippen LogP contribution in [0.15, 0.2) is 41.3 Å². The van der Waals surface area contributed by atoms with Crippen molar-refractivity contribution >= 4 is 21.6 Å². The number of carbonyl (C=O) groups is 1. The Morgan fingerprint density at radius 1 is 1.13 bits per heavy atom. The van der Waals surface area contributed by atoms with E-state index in [4.69, 9.17) is 14.6 Å². The van der Waals surface area contributed by atoms with E-state index in [1.807, 2.05) is 30.0 Å². The first kappa shape index (κ1) is 20.5. The molecule has 2 N–H and O–H groups in total. The molecule has 0 saturated heterocycles. The van der Waals surface area contributed by atoms with Crippen LogP contribution in [0, 0.1) is 0 Å². The predicted molar refractivity (Wildman–Crippen MR) is 112 cm³/mol. The van der Waals surface area contributed by atoms with Gasteiger partial charge in [0.05, 0.1) is 11.4 Å². The van der Waals surface area contributed by atoms with Crippen LogP contribution in [0.25, 0.3) is 0 Å². The van der Waals surface area contributed by atoms with Crippen molar-refractivity contribution in [2.45, 2.75) is 24.8 Å². The van der Waals surface area contributed by atoms with Gasteiger partial charge in [0.25, 0.3) is 0 Å². The van der Waals surface area contributed by atoms with Crippen LogP contribution in [0.1, 0.15) is 18.1 Å². The molecule has 0 unspecified atom stereocenters. The lowest BCUT2D eigenvalue weighted by molar-refractivity contribution is -0.130. The molecule has 0 bridgehead atoms. The number of primary sulfonamides is 1. The van der Waals surface area contributed by atoms with Gasteiger partial charge in [0, 0.05) is 25.3 Å². The Morgan fingerprint density at radius 3 is 2.63 bits per heavy atom. The molecule has 0 saturated carbocycles. The van der Waals surface area contributed by atoms with E-state index in [2.05, 4.69) is 0 Å². The summed E-state index contributed by atoms with van der Waals surface area (Å²) in [5.74, 6) is 1.45. The van der Waals surface area contributed by atoms with Gasteiger partial charge in [0.15, 0.2) is 11.5 Å². The molecule has 0 atom stereocenters. The Hall–Kier alpha value is -2.78. The van der Waals surface area contributed by atoms with Crippen molar-refractivity contribution in [3.8, 4) is 11.5 Å². The minimum Gasteiger partial charge on any atom is -0.486 e. The van der Waals surface area contributed by atoms with Crippen molar-refractivity contribution in [2.75, 3.05) is 37.7 Å². The number of amides is 1. The number of ether oxygens (including phenoxy) is 2. The van der Waals surface area contributed by atoms with Crippen molar-refractivity contribution in [1.82, 2.24) is 4.90 Å². The molecule has 0 aliphatic carbocycles. The summed E-state index contributed by atoms with van der Waals surface area (Å²) in [6.45, 7) is 4.98. The van der Waals surface area contributed by atoms with E-state index in [-0.39, 0.29) is 17.3 Å². The quantitative estimate of drug-likeness (QED) is 0.744. The molecular formula is C21H25N3O5S. The molecule has 8 nitrogen and oxygen atoms in total. The lowest BCUT2D eigenvalue weighted by atomic mass is 10.1. The Kier molecular flexibility index (Phi) is 5.57. The van der Waals surface area contributed by atoms with Gasteiger partial charge in [-0.05, 0) is 54.8 Å². The van der Waals surface area contributed by atoms with Crippen molar-refractivity contribution in [2.24, 2.45) is 5.14 Å². The highest BCUT2D eigenvalue weighted by atomic mass is 32.2. The van der Waals surface area contributed by atoms with Crippen molar-refractivity contribution in [3.63, 3.8) is 0 Å². The molecule has 2 aromatic rings. The van der Waals surface area contributed by atoms with Crippen LogP contribution in [0.3, 0.4) is 0 Å². The maximum absolute atomic E-state index is 13.0. The number of rotatable bonds is 6. The van der Waals surface area contributed by atoms with Gasteiger partial charge in [-0.1, -0.05) is 6.07 Å². The number of likely N-dealkylation sites (N-methyl/N-ethyl adjacent to an activating group) is 1. The van der Waals surface area contributed by atoms with E-state index >= 15 is 0 Å². The van der Waals surface area contributed by atoms with Crippen molar-refractivity contribution < 1.29 is 22.7 Å². The fourth-order valence-electron chi connectivity index (χ4n) is 3.83. The summed E-state index contributed by atoms with van der Waals surface area (Å²) in [5, 5.41) is 5.22. The second kappa shape index (κ2) is 8.16.